The molecule has 2 amide bonds. The van der Waals surface area contributed by atoms with Gasteiger partial charge in [0.2, 0.25) is 0 Å². The van der Waals surface area contributed by atoms with Crippen LogP contribution in [0.3, 0.4) is 0 Å². The molecule has 2 aliphatic heterocycles. The van der Waals surface area contributed by atoms with Crippen molar-refractivity contribution in [3.63, 3.8) is 0 Å². The van der Waals surface area contributed by atoms with E-state index in [-0.39, 0.29) is 6.03 Å². The summed E-state index contributed by atoms with van der Waals surface area (Å²) in [5.74, 6) is 0.746. The number of piperidine rings is 1. The summed E-state index contributed by atoms with van der Waals surface area (Å²) in [6, 6.07) is 18.6. The molecule has 4 rings (SSSR count). The van der Waals surface area contributed by atoms with Crippen molar-refractivity contribution < 1.29 is 9.53 Å². The Hall–Kier alpha value is -2.73. The molecule has 2 aromatic rings. The molecule has 1 atom stereocenters. The van der Waals surface area contributed by atoms with Crippen molar-refractivity contribution in [3.05, 3.63) is 54.6 Å². The molecule has 0 spiro atoms. The van der Waals surface area contributed by atoms with E-state index in [9.17, 15) is 4.79 Å². The zero-order valence-corrected chi connectivity index (χ0v) is 17.1. The van der Waals surface area contributed by atoms with Gasteiger partial charge >= 0.3 is 6.03 Å². The van der Waals surface area contributed by atoms with Crippen LogP contribution < -0.4 is 15.0 Å². The highest BCUT2D eigenvalue weighted by atomic mass is 16.5. The van der Waals surface area contributed by atoms with E-state index < -0.39 is 0 Å². The first-order valence-electron chi connectivity index (χ1n) is 10.5. The highest BCUT2D eigenvalue weighted by Gasteiger charge is 2.30. The van der Waals surface area contributed by atoms with Crippen molar-refractivity contribution >= 4 is 17.4 Å². The van der Waals surface area contributed by atoms with Gasteiger partial charge in [0.15, 0.2) is 0 Å². The third-order valence-corrected chi connectivity index (χ3v) is 5.96. The molecule has 0 saturated carbocycles. The van der Waals surface area contributed by atoms with Crippen LogP contribution in [0.4, 0.5) is 16.2 Å². The summed E-state index contributed by atoms with van der Waals surface area (Å²) in [5.41, 5.74) is 2.07. The van der Waals surface area contributed by atoms with Crippen LogP contribution in [0.5, 0.6) is 5.75 Å². The summed E-state index contributed by atoms with van der Waals surface area (Å²) in [4.78, 5) is 19.7. The normalized spacial score (nSPS) is 20.4. The summed E-state index contributed by atoms with van der Waals surface area (Å²) in [6.45, 7) is 5.78. The summed E-state index contributed by atoms with van der Waals surface area (Å²) < 4.78 is 5.24. The fourth-order valence-corrected chi connectivity index (χ4v) is 4.32. The minimum atomic E-state index is -0.0223. The van der Waals surface area contributed by atoms with Gasteiger partial charge in [-0.15, -0.1) is 0 Å². The number of ether oxygens (including phenoxy) is 1. The molecule has 2 saturated heterocycles. The molecule has 154 valence electrons. The molecule has 2 aliphatic rings. The number of methoxy groups -OCH3 is 1. The fourth-order valence-electron chi connectivity index (χ4n) is 4.32. The number of benzene rings is 2. The van der Waals surface area contributed by atoms with Crippen molar-refractivity contribution in [2.24, 2.45) is 0 Å². The number of hydrogen-bond donors (Lipinski definition) is 1. The number of hydrogen-bond acceptors (Lipinski definition) is 4. The molecule has 0 radical (unpaired) electrons. The lowest BCUT2D eigenvalue weighted by Gasteiger charge is -2.43. The lowest BCUT2D eigenvalue weighted by atomic mass is 10.0. The number of nitrogens with zero attached hydrogens (tertiary/aromatic N) is 3. The molecule has 29 heavy (non-hydrogen) atoms. The minimum Gasteiger partial charge on any atom is -0.497 e. The second-order valence-electron chi connectivity index (χ2n) is 7.76. The molecular weight excluding hydrogens is 364 g/mol. The molecule has 6 nitrogen and oxygen atoms in total. The van der Waals surface area contributed by atoms with E-state index in [1.807, 2.05) is 29.2 Å². The SMILES string of the molecule is COc1cccc(NC(=O)N2CCC[C@@H](N3CCN(c4ccccc4)CC3)C2)c1. The van der Waals surface area contributed by atoms with Crippen LogP contribution in [-0.2, 0) is 0 Å². The van der Waals surface area contributed by atoms with Gasteiger partial charge in [0.05, 0.1) is 7.11 Å². The van der Waals surface area contributed by atoms with Gasteiger partial charge in [0.1, 0.15) is 5.75 Å². The molecule has 0 aliphatic carbocycles. The van der Waals surface area contributed by atoms with Gasteiger partial charge in [-0.05, 0) is 37.1 Å². The largest absolute Gasteiger partial charge is 0.497 e. The van der Waals surface area contributed by atoms with Gasteiger partial charge in [-0.25, -0.2) is 4.79 Å². The Bertz CT molecular complexity index is 806. The van der Waals surface area contributed by atoms with E-state index >= 15 is 0 Å². The second-order valence-corrected chi connectivity index (χ2v) is 7.76. The van der Waals surface area contributed by atoms with Gasteiger partial charge < -0.3 is 19.9 Å². The van der Waals surface area contributed by atoms with Crippen LogP contribution in [0, 0.1) is 0 Å². The van der Waals surface area contributed by atoms with E-state index in [4.69, 9.17) is 4.74 Å². The van der Waals surface area contributed by atoms with Gasteiger partial charge in [-0.1, -0.05) is 24.3 Å². The number of anilines is 2. The first kappa shape index (κ1) is 19.6. The number of rotatable bonds is 4. The van der Waals surface area contributed by atoms with Gasteiger partial charge in [0, 0.05) is 62.8 Å². The Kier molecular flexibility index (Phi) is 6.20. The predicted molar refractivity (Wildman–Crippen MR) is 117 cm³/mol. The Balaban J connectivity index is 1.31. The van der Waals surface area contributed by atoms with E-state index in [0.717, 1.165) is 63.5 Å². The highest BCUT2D eigenvalue weighted by Crippen LogP contribution is 2.22. The summed E-state index contributed by atoms with van der Waals surface area (Å²) in [7, 11) is 1.63. The molecule has 0 unspecified atom stereocenters. The molecular formula is C23H30N4O2. The summed E-state index contributed by atoms with van der Waals surface area (Å²) in [6.07, 6.45) is 2.21. The minimum absolute atomic E-state index is 0.0223. The van der Waals surface area contributed by atoms with E-state index in [1.165, 1.54) is 5.69 Å². The molecule has 0 aromatic heterocycles. The fraction of sp³-hybridized carbons (Fsp3) is 0.435. The van der Waals surface area contributed by atoms with E-state index in [0.29, 0.717) is 6.04 Å². The lowest BCUT2D eigenvalue weighted by molar-refractivity contribution is 0.108. The van der Waals surface area contributed by atoms with Crippen LogP contribution >= 0.6 is 0 Å². The second kappa shape index (κ2) is 9.18. The maximum atomic E-state index is 12.8. The van der Waals surface area contributed by atoms with Crippen molar-refractivity contribution in [2.75, 3.05) is 56.6 Å². The Labute approximate surface area is 173 Å². The van der Waals surface area contributed by atoms with E-state index in [2.05, 4.69) is 45.4 Å². The zero-order valence-electron chi connectivity index (χ0n) is 17.1. The van der Waals surface area contributed by atoms with Crippen molar-refractivity contribution in [3.8, 4) is 5.75 Å². The number of carbonyl (C=O) groups is 1. The average molecular weight is 395 g/mol. The first-order valence-corrected chi connectivity index (χ1v) is 10.5. The number of para-hydroxylation sites is 1. The Morgan fingerprint density at radius 1 is 1.00 bits per heavy atom. The topological polar surface area (TPSA) is 48.1 Å². The van der Waals surface area contributed by atoms with Gasteiger partial charge in [0.25, 0.3) is 0 Å². The van der Waals surface area contributed by atoms with Crippen LogP contribution in [0.1, 0.15) is 12.8 Å². The first-order chi connectivity index (χ1) is 14.2. The van der Waals surface area contributed by atoms with Crippen molar-refractivity contribution in [1.29, 1.82) is 0 Å². The number of amides is 2. The molecule has 2 heterocycles. The summed E-state index contributed by atoms with van der Waals surface area (Å²) >= 11 is 0. The maximum Gasteiger partial charge on any atom is 0.321 e. The number of piperazine rings is 1. The number of likely N-dealkylation sites (tertiary alicyclic amines) is 1. The standard InChI is InChI=1S/C23H30N4O2/c1-29-22-11-5-7-19(17-22)24-23(28)27-12-6-10-21(18-27)26-15-13-25(14-16-26)20-8-3-2-4-9-20/h2-5,7-9,11,17,21H,6,10,12-16,18H2,1H3,(H,24,28)/t21-/m1/s1. The third-order valence-electron chi connectivity index (χ3n) is 5.96. The molecule has 2 aromatic carbocycles. The van der Waals surface area contributed by atoms with E-state index in [1.54, 1.807) is 7.11 Å². The summed E-state index contributed by atoms with van der Waals surface area (Å²) in [5, 5.41) is 3.02. The maximum absolute atomic E-state index is 12.8. The van der Waals surface area contributed by atoms with Crippen LogP contribution in [0.2, 0.25) is 0 Å². The Morgan fingerprint density at radius 2 is 1.79 bits per heavy atom. The van der Waals surface area contributed by atoms with Gasteiger partial charge in [-0.3, -0.25) is 4.90 Å². The molecule has 1 N–H and O–H groups in total. The lowest BCUT2D eigenvalue weighted by Crippen LogP contribution is -2.56. The number of nitrogens with one attached hydrogen (secondary N) is 1. The van der Waals surface area contributed by atoms with Crippen LogP contribution in [-0.4, -0.2) is 68.3 Å². The average Bonchev–Trinajstić information content (AvgIpc) is 2.80. The number of urea groups is 1. The highest BCUT2D eigenvalue weighted by molar-refractivity contribution is 5.89. The zero-order chi connectivity index (χ0) is 20.1. The van der Waals surface area contributed by atoms with Crippen LogP contribution in [0.25, 0.3) is 0 Å². The monoisotopic (exact) mass is 394 g/mol. The molecule has 6 heteroatoms. The molecule has 2 fully saturated rings. The Morgan fingerprint density at radius 3 is 2.55 bits per heavy atom. The van der Waals surface area contributed by atoms with Crippen molar-refractivity contribution in [1.82, 2.24) is 9.80 Å². The third kappa shape index (κ3) is 4.82. The molecule has 0 bridgehead atoms. The predicted octanol–water partition coefficient (Wildman–Crippen LogP) is 3.51. The number of carbonyl (C=O) groups excluding carboxylic acids is 1. The smallest absolute Gasteiger partial charge is 0.321 e. The van der Waals surface area contributed by atoms with Crippen molar-refractivity contribution in [2.45, 2.75) is 18.9 Å². The quantitative estimate of drug-likeness (QED) is 0.862. The van der Waals surface area contributed by atoms with Gasteiger partial charge in [-0.2, -0.15) is 0 Å². The van der Waals surface area contributed by atoms with Crippen LogP contribution in [0.15, 0.2) is 54.6 Å².